The maximum Gasteiger partial charge on any atom is 0.310 e. The molecule has 1 aromatic carbocycles. The predicted octanol–water partition coefficient (Wildman–Crippen LogP) is 4.11. The van der Waals surface area contributed by atoms with Gasteiger partial charge in [0.1, 0.15) is 0 Å². The van der Waals surface area contributed by atoms with Crippen LogP contribution in [-0.2, 0) is 20.5 Å². The van der Waals surface area contributed by atoms with Gasteiger partial charge in [0.15, 0.2) is 5.75 Å². The lowest BCUT2D eigenvalue weighted by atomic mass is 10.1. The molecule has 4 nitrogen and oxygen atoms in total. The summed E-state index contributed by atoms with van der Waals surface area (Å²) in [7, 11) is -2.00. The zero-order chi connectivity index (χ0) is 16.1. The Labute approximate surface area is 128 Å². The second-order valence-corrected chi connectivity index (χ2v) is 11.2. The van der Waals surface area contributed by atoms with E-state index in [1.54, 1.807) is 6.92 Å². The molecule has 1 rings (SSSR count). The largest absolute Gasteiger partial charge is 0.466 e. The van der Waals surface area contributed by atoms with Crippen molar-refractivity contribution in [2.45, 2.75) is 52.2 Å². The number of benzene rings is 1. The van der Waals surface area contributed by atoms with Gasteiger partial charge in [-0.15, -0.1) is 0 Å². The second kappa shape index (κ2) is 7.09. The van der Waals surface area contributed by atoms with Crippen LogP contribution in [0, 0.1) is 0 Å². The highest BCUT2D eigenvalue weighted by atomic mass is 28.4. The van der Waals surface area contributed by atoms with Gasteiger partial charge in [-0.1, -0.05) is 39.0 Å². The number of carbonyl (C=O) groups excluding carboxylic acids is 1. The first kappa shape index (κ1) is 17.7. The number of rotatable bonds is 6. The number of esters is 1. The average molecular weight is 310 g/mol. The highest BCUT2D eigenvalue weighted by molar-refractivity contribution is 6.73. The van der Waals surface area contributed by atoms with E-state index in [2.05, 4.69) is 33.9 Å². The second-order valence-electron chi connectivity index (χ2n) is 6.52. The van der Waals surface area contributed by atoms with Crippen molar-refractivity contribution in [3.8, 4) is 5.75 Å². The summed E-state index contributed by atoms with van der Waals surface area (Å²) in [4.78, 5) is 17.2. The molecule has 0 N–H and O–H groups in total. The maximum absolute atomic E-state index is 11.6. The molecular weight excluding hydrogens is 284 g/mol. The lowest BCUT2D eigenvalue weighted by Crippen LogP contribution is -2.41. The van der Waals surface area contributed by atoms with E-state index in [4.69, 9.17) is 14.2 Å². The zero-order valence-corrected chi connectivity index (χ0v) is 14.9. The van der Waals surface area contributed by atoms with Gasteiger partial charge in [0.05, 0.1) is 13.0 Å². The Morgan fingerprint density at radius 1 is 1.19 bits per heavy atom. The topological polar surface area (TPSA) is 44.8 Å². The van der Waals surface area contributed by atoms with Crippen LogP contribution in [0.2, 0.25) is 18.1 Å². The number of ether oxygens (including phenoxy) is 1. The van der Waals surface area contributed by atoms with Crippen LogP contribution < -0.4 is 4.89 Å². The van der Waals surface area contributed by atoms with Crippen molar-refractivity contribution in [1.29, 1.82) is 0 Å². The summed E-state index contributed by atoms with van der Waals surface area (Å²) >= 11 is 0. The molecule has 1 aromatic rings. The van der Waals surface area contributed by atoms with Crippen molar-refractivity contribution >= 4 is 14.3 Å². The Balaban J connectivity index is 2.78. The first-order valence-corrected chi connectivity index (χ1v) is 10.2. The van der Waals surface area contributed by atoms with Crippen LogP contribution in [0.25, 0.3) is 0 Å². The summed E-state index contributed by atoms with van der Waals surface area (Å²) in [6.07, 6.45) is 0.185. The fourth-order valence-electron chi connectivity index (χ4n) is 1.37. The number of para-hydroxylation sites is 1. The van der Waals surface area contributed by atoms with Gasteiger partial charge < -0.3 is 9.62 Å². The molecule has 0 atom stereocenters. The molecule has 5 heteroatoms. The van der Waals surface area contributed by atoms with Crippen molar-refractivity contribution in [2.75, 3.05) is 6.61 Å². The van der Waals surface area contributed by atoms with E-state index >= 15 is 0 Å². The van der Waals surface area contributed by atoms with E-state index in [-0.39, 0.29) is 17.4 Å². The number of hydrogen-bond acceptors (Lipinski definition) is 4. The van der Waals surface area contributed by atoms with Gasteiger partial charge >= 0.3 is 5.97 Å². The molecule has 21 heavy (non-hydrogen) atoms. The van der Waals surface area contributed by atoms with Crippen LogP contribution in [0.4, 0.5) is 0 Å². The Morgan fingerprint density at radius 2 is 1.81 bits per heavy atom. The van der Waals surface area contributed by atoms with Gasteiger partial charge in [-0.25, -0.2) is 4.58 Å². The smallest absolute Gasteiger partial charge is 0.310 e. The third-order valence-electron chi connectivity index (χ3n) is 3.76. The summed E-state index contributed by atoms with van der Waals surface area (Å²) in [6.45, 7) is 12.8. The Bertz CT molecular complexity index is 477. The summed E-state index contributed by atoms with van der Waals surface area (Å²) in [6, 6.07) is 7.38. The molecule has 0 radical (unpaired) electrons. The fourth-order valence-corrected chi connectivity index (χ4v) is 1.92. The van der Waals surface area contributed by atoms with Gasteiger partial charge in [0.2, 0.25) is 0 Å². The van der Waals surface area contributed by atoms with E-state index in [0.29, 0.717) is 12.4 Å². The van der Waals surface area contributed by atoms with Crippen LogP contribution >= 0.6 is 0 Å². The van der Waals surface area contributed by atoms with Crippen molar-refractivity contribution in [1.82, 2.24) is 0 Å². The third kappa shape index (κ3) is 5.17. The third-order valence-corrected chi connectivity index (χ3v) is 7.87. The molecule has 0 aliphatic carbocycles. The maximum atomic E-state index is 11.6. The normalized spacial score (nSPS) is 12.1. The fraction of sp³-hybridized carbons (Fsp3) is 0.562. The van der Waals surface area contributed by atoms with E-state index in [1.165, 1.54) is 0 Å². The van der Waals surface area contributed by atoms with E-state index in [0.717, 1.165) is 5.56 Å². The molecule has 0 fully saturated rings. The molecule has 0 aromatic heterocycles. The zero-order valence-electron chi connectivity index (χ0n) is 13.9. The lowest BCUT2D eigenvalue weighted by Gasteiger charge is -2.34. The minimum atomic E-state index is -2.00. The average Bonchev–Trinajstić information content (AvgIpc) is 2.36. The van der Waals surface area contributed by atoms with Gasteiger partial charge in [-0.3, -0.25) is 4.79 Å². The summed E-state index contributed by atoms with van der Waals surface area (Å²) in [5.74, 6) is 0.316. The minimum absolute atomic E-state index is 0.0586. The Hall–Kier alpha value is -1.33. The van der Waals surface area contributed by atoms with Crippen molar-refractivity contribution in [3.63, 3.8) is 0 Å². The molecule has 0 amide bonds. The Morgan fingerprint density at radius 3 is 2.38 bits per heavy atom. The van der Waals surface area contributed by atoms with Crippen molar-refractivity contribution in [3.05, 3.63) is 29.8 Å². The van der Waals surface area contributed by atoms with E-state index in [1.807, 2.05) is 24.3 Å². The molecular formula is C16H26O4Si. The molecule has 0 saturated carbocycles. The van der Waals surface area contributed by atoms with Gasteiger partial charge in [0.25, 0.3) is 8.32 Å². The Kier molecular flexibility index (Phi) is 5.98. The first-order valence-electron chi connectivity index (χ1n) is 7.26. The SMILES string of the molecule is CCOC(=O)Cc1ccccc1OO[Si](C)(C)C(C)(C)C. The lowest BCUT2D eigenvalue weighted by molar-refractivity contribution is -0.142. The van der Waals surface area contributed by atoms with Gasteiger partial charge in [0, 0.05) is 5.56 Å². The highest BCUT2D eigenvalue weighted by Gasteiger charge is 2.40. The molecule has 0 unspecified atom stereocenters. The number of carbonyl (C=O) groups is 1. The summed E-state index contributed by atoms with van der Waals surface area (Å²) < 4.78 is 10.7. The van der Waals surface area contributed by atoms with Crippen molar-refractivity contribution < 1.29 is 19.0 Å². The van der Waals surface area contributed by atoms with Crippen LogP contribution in [0.3, 0.4) is 0 Å². The molecule has 0 heterocycles. The molecule has 0 spiro atoms. The minimum Gasteiger partial charge on any atom is -0.466 e. The standard InChI is InChI=1S/C16H26O4Si/c1-7-18-15(17)12-13-10-8-9-11-14(13)19-20-21(5,6)16(2,3)4/h8-11H,7,12H2,1-6H3. The summed E-state index contributed by atoms with van der Waals surface area (Å²) in [5.41, 5.74) is 0.773. The van der Waals surface area contributed by atoms with E-state index in [9.17, 15) is 4.79 Å². The highest BCUT2D eigenvalue weighted by Crippen LogP contribution is 2.37. The van der Waals surface area contributed by atoms with Gasteiger partial charge in [-0.2, -0.15) is 0 Å². The van der Waals surface area contributed by atoms with Crippen LogP contribution in [0.5, 0.6) is 5.75 Å². The molecule has 0 bridgehead atoms. The monoisotopic (exact) mass is 310 g/mol. The molecule has 118 valence electrons. The van der Waals surface area contributed by atoms with E-state index < -0.39 is 8.32 Å². The number of hydrogen-bond donors (Lipinski definition) is 0. The first-order chi connectivity index (χ1) is 9.67. The summed E-state index contributed by atoms with van der Waals surface area (Å²) in [5, 5.41) is 0.0586. The van der Waals surface area contributed by atoms with Crippen LogP contribution in [-0.4, -0.2) is 20.9 Å². The van der Waals surface area contributed by atoms with Crippen LogP contribution in [0.1, 0.15) is 33.3 Å². The quantitative estimate of drug-likeness (QED) is 0.343. The van der Waals surface area contributed by atoms with Gasteiger partial charge in [-0.05, 0) is 31.1 Å². The van der Waals surface area contributed by atoms with Crippen molar-refractivity contribution in [2.24, 2.45) is 0 Å². The van der Waals surface area contributed by atoms with Crippen LogP contribution in [0.15, 0.2) is 24.3 Å². The molecule has 0 saturated heterocycles. The molecule has 0 aliphatic rings. The molecule has 0 aliphatic heterocycles. The predicted molar refractivity (Wildman–Crippen MR) is 85.7 cm³/mol.